The molecule has 0 bridgehead atoms. The SMILES string of the molecule is Cc1nc(Br)cc(NCCn2ccnn2)n1. The Kier molecular flexibility index (Phi) is 3.45. The molecule has 0 atom stereocenters. The number of nitrogens with zero attached hydrogens (tertiary/aromatic N) is 5. The van der Waals surface area contributed by atoms with Crippen LogP contribution in [-0.2, 0) is 6.54 Å². The monoisotopic (exact) mass is 282 g/mol. The van der Waals surface area contributed by atoms with Crippen LogP contribution in [0, 0.1) is 6.92 Å². The number of aromatic nitrogens is 5. The molecule has 0 fully saturated rings. The van der Waals surface area contributed by atoms with E-state index in [4.69, 9.17) is 0 Å². The number of aryl methyl sites for hydroxylation is 1. The van der Waals surface area contributed by atoms with Crippen molar-refractivity contribution in [1.29, 1.82) is 0 Å². The average Bonchev–Trinajstić information content (AvgIpc) is 2.69. The van der Waals surface area contributed by atoms with Crippen LogP contribution in [0.5, 0.6) is 0 Å². The van der Waals surface area contributed by atoms with Crippen molar-refractivity contribution in [2.75, 3.05) is 11.9 Å². The molecule has 0 spiro atoms. The molecule has 0 aliphatic heterocycles. The molecule has 0 unspecified atom stereocenters. The van der Waals surface area contributed by atoms with Gasteiger partial charge in [0.05, 0.1) is 12.7 Å². The Hall–Kier alpha value is -1.50. The van der Waals surface area contributed by atoms with Crippen molar-refractivity contribution in [3.63, 3.8) is 0 Å². The van der Waals surface area contributed by atoms with Crippen molar-refractivity contribution in [3.05, 3.63) is 28.9 Å². The van der Waals surface area contributed by atoms with E-state index in [1.54, 1.807) is 10.9 Å². The lowest BCUT2D eigenvalue weighted by molar-refractivity contribution is 0.608. The molecule has 1 N–H and O–H groups in total. The van der Waals surface area contributed by atoms with Gasteiger partial charge in [0.15, 0.2) is 0 Å². The second-order valence-corrected chi connectivity index (χ2v) is 4.03. The highest BCUT2D eigenvalue weighted by molar-refractivity contribution is 9.10. The lowest BCUT2D eigenvalue weighted by atomic mass is 10.5. The molecule has 0 aliphatic rings. The minimum atomic E-state index is 0.734. The van der Waals surface area contributed by atoms with Crippen LogP contribution < -0.4 is 5.32 Å². The highest BCUT2D eigenvalue weighted by atomic mass is 79.9. The molecule has 0 saturated carbocycles. The maximum atomic E-state index is 4.26. The van der Waals surface area contributed by atoms with E-state index >= 15 is 0 Å². The predicted molar refractivity (Wildman–Crippen MR) is 63.0 cm³/mol. The lowest BCUT2D eigenvalue weighted by Crippen LogP contribution is -2.12. The zero-order valence-electron chi connectivity index (χ0n) is 8.76. The van der Waals surface area contributed by atoms with Crippen molar-refractivity contribution in [1.82, 2.24) is 25.0 Å². The van der Waals surface area contributed by atoms with E-state index in [2.05, 4.69) is 41.5 Å². The topological polar surface area (TPSA) is 68.5 Å². The number of hydrogen-bond acceptors (Lipinski definition) is 5. The summed E-state index contributed by atoms with van der Waals surface area (Å²) in [6, 6.07) is 1.84. The molecule has 0 saturated heterocycles. The van der Waals surface area contributed by atoms with E-state index in [1.165, 1.54) is 0 Å². The molecular formula is C9H11BrN6. The van der Waals surface area contributed by atoms with E-state index in [1.807, 2.05) is 19.2 Å². The summed E-state index contributed by atoms with van der Waals surface area (Å²) in [6.45, 7) is 3.35. The first kappa shape index (κ1) is 11.0. The van der Waals surface area contributed by atoms with Gasteiger partial charge in [-0.1, -0.05) is 5.21 Å². The summed E-state index contributed by atoms with van der Waals surface area (Å²) in [4.78, 5) is 8.39. The van der Waals surface area contributed by atoms with Crippen LogP contribution in [0.4, 0.5) is 5.82 Å². The Morgan fingerprint density at radius 2 is 2.31 bits per heavy atom. The van der Waals surface area contributed by atoms with Gasteiger partial charge in [-0.3, -0.25) is 4.68 Å². The van der Waals surface area contributed by atoms with Gasteiger partial charge in [-0.25, -0.2) is 9.97 Å². The summed E-state index contributed by atoms with van der Waals surface area (Å²) >= 11 is 3.32. The van der Waals surface area contributed by atoms with Gasteiger partial charge in [-0.2, -0.15) is 0 Å². The molecule has 84 valence electrons. The lowest BCUT2D eigenvalue weighted by Gasteiger charge is -2.06. The van der Waals surface area contributed by atoms with Gasteiger partial charge in [-0.05, 0) is 22.9 Å². The minimum Gasteiger partial charge on any atom is -0.368 e. The van der Waals surface area contributed by atoms with E-state index in [-0.39, 0.29) is 0 Å². The molecule has 2 heterocycles. The molecule has 0 aliphatic carbocycles. The van der Waals surface area contributed by atoms with E-state index in [9.17, 15) is 0 Å². The van der Waals surface area contributed by atoms with Crippen LogP contribution in [0.1, 0.15) is 5.82 Å². The summed E-state index contributed by atoms with van der Waals surface area (Å²) in [6.07, 6.45) is 3.48. The first-order valence-electron chi connectivity index (χ1n) is 4.83. The fourth-order valence-corrected chi connectivity index (χ4v) is 1.75. The standard InChI is InChI=1S/C9H11BrN6/c1-7-13-8(10)6-9(14-7)11-2-4-16-5-3-12-15-16/h3,5-6H,2,4H2,1H3,(H,11,13,14). The fraction of sp³-hybridized carbons (Fsp3) is 0.333. The molecule has 0 amide bonds. The first-order valence-corrected chi connectivity index (χ1v) is 5.62. The Labute approximate surface area is 101 Å². The summed E-state index contributed by atoms with van der Waals surface area (Å²) in [5.74, 6) is 1.54. The Morgan fingerprint density at radius 3 is 3.00 bits per heavy atom. The molecule has 16 heavy (non-hydrogen) atoms. The fourth-order valence-electron chi connectivity index (χ4n) is 1.27. The van der Waals surface area contributed by atoms with Crippen LogP contribution in [0.15, 0.2) is 23.1 Å². The molecule has 7 heteroatoms. The summed E-state index contributed by atoms with van der Waals surface area (Å²) in [5.41, 5.74) is 0. The first-order chi connectivity index (χ1) is 7.74. The second kappa shape index (κ2) is 5.02. The van der Waals surface area contributed by atoms with Gasteiger partial charge in [0, 0.05) is 18.8 Å². The zero-order valence-corrected chi connectivity index (χ0v) is 10.3. The van der Waals surface area contributed by atoms with Gasteiger partial charge in [0.1, 0.15) is 16.2 Å². The quantitative estimate of drug-likeness (QED) is 0.855. The van der Waals surface area contributed by atoms with Gasteiger partial charge in [0.25, 0.3) is 0 Å². The van der Waals surface area contributed by atoms with Gasteiger partial charge >= 0.3 is 0 Å². The largest absolute Gasteiger partial charge is 0.368 e. The third-order valence-corrected chi connectivity index (χ3v) is 2.33. The van der Waals surface area contributed by atoms with Gasteiger partial charge in [-0.15, -0.1) is 5.10 Å². The predicted octanol–water partition coefficient (Wildman–Crippen LogP) is 1.25. The number of halogens is 1. The second-order valence-electron chi connectivity index (χ2n) is 3.22. The van der Waals surface area contributed by atoms with Crippen molar-refractivity contribution in [2.24, 2.45) is 0 Å². The normalized spacial score (nSPS) is 10.4. The molecule has 2 aromatic heterocycles. The molecule has 2 rings (SSSR count). The number of hydrogen-bond donors (Lipinski definition) is 1. The number of nitrogens with one attached hydrogen (secondary N) is 1. The number of rotatable bonds is 4. The van der Waals surface area contributed by atoms with Crippen LogP contribution in [-0.4, -0.2) is 31.5 Å². The highest BCUT2D eigenvalue weighted by Crippen LogP contribution is 2.11. The maximum absolute atomic E-state index is 4.26. The van der Waals surface area contributed by atoms with Crippen LogP contribution in [0.3, 0.4) is 0 Å². The highest BCUT2D eigenvalue weighted by Gasteiger charge is 1.99. The molecular weight excluding hydrogens is 272 g/mol. The van der Waals surface area contributed by atoms with Gasteiger partial charge in [0.2, 0.25) is 0 Å². The average molecular weight is 283 g/mol. The third-order valence-electron chi connectivity index (χ3n) is 1.93. The molecule has 0 aromatic carbocycles. The van der Waals surface area contributed by atoms with E-state index in [0.717, 1.165) is 29.3 Å². The molecule has 0 radical (unpaired) electrons. The summed E-state index contributed by atoms with van der Waals surface area (Å²) in [5, 5.41) is 10.8. The smallest absolute Gasteiger partial charge is 0.130 e. The third kappa shape index (κ3) is 2.99. The van der Waals surface area contributed by atoms with E-state index < -0.39 is 0 Å². The van der Waals surface area contributed by atoms with Crippen LogP contribution in [0.25, 0.3) is 0 Å². The molecule has 2 aromatic rings. The minimum absolute atomic E-state index is 0.734. The van der Waals surface area contributed by atoms with Crippen molar-refractivity contribution in [2.45, 2.75) is 13.5 Å². The van der Waals surface area contributed by atoms with Crippen LogP contribution in [0.2, 0.25) is 0 Å². The Balaban J connectivity index is 1.89. The maximum Gasteiger partial charge on any atom is 0.130 e. The van der Waals surface area contributed by atoms with Crippen molar-refractivity contribution < 1.29 is 0 Å². The van der Waals surface area contributed by atoms with Crippen LogP contribution >= 0.6 is 15.9 Å². The summed E-state index contributed by atoms with van der Waals surface area (Å²) in [7, 11) is 0. The van der Waals surface area contributed by atoms with Gasteiger partial charge < -0.3 is 5.32 Å². The Bertz CT molecular complexity index is 435. The van der Waals surface area contributed by atoms with E-state index in [0.29, 0.717) is 0 Å². The van der Waals surface area contributed by atoms with Crippen molar-refractivity contribution in [3.8, 4) is 0 Å². The zero-order chi connectivity index (χ0) is 11.4. The molecule has 6 nitrogen and oxygen atoms in total. The van der Waals surface area contributed by atoms with Crippen molar-refractivity contribution >= 4 is 21.7 Å². The Morgan fingerprint density at radius 1 is 1.44 bits per heavy atom. The number of anilines is 1. The summed E-state index contributed by atoms with van der Waals surface area (Å²) < 4.78 is 2.54.